The van der Waals surface area contributed by atoms with Crippen LogP contribution in [0.1, 0.15) is 27.2 Å². The van der Waals surface area contributed by atoms with E-state index >= 15 is 0 Å². The van der Waals surface area contributed by atoms with Gasteiger partial charge in [0.25, 0.3) is 11.8 Å². The Morgan fingerprint density at radius 3 is 2.60 bits per heavy atom. The number of imide groups is 1. The van der Waals surface area contributed by atoms with Crippen LogP contribution in [0.3, 0.4) is 0 Å². The maximum absolute atomic E-state index is 12.1. The summed E-state index contributed by atoms with van der Waals surface area (Å²) in [6.07, 6.45) is 2.29. The Morgan fingerprint density at radius 2 is 1.95 bits per heavy atom. The minimum atomic E-state index is -1.20. The number of carbonyl (C=O) groups excluding carboxylic acids is 3. The van der Waals surface area contributed by atoms with Crippen molar-refractivity contribution < 1.29 is 23.9 Å². The molecule has 0 saturated carbocycles. The lowest BCUT2D eigenvalue weighted by molar-refractivity contribution is -0.141. The van der Waals surface area contributed by atoms with Crippen LogP contribution in [-0.4, -0.2) is 35.6 Å². The molecule has 3 aliphatic heterocycles. The molecule has 3 heterocycles. The molecule has 0 fully saturated rings. The van der Waals surface area contributed by atoms with Crippen molar-refractivity contribution in [1.29, 1.82) is 0 Å². The van der Waals surface area contributed by atoms with Crippen molar-refractivity contribution in [1.82, 2.24) is 5.32 Å². The van der Waals surface area contributed by atoms with Gasteiger partial charge in [-0.2, -0.15) is 0 Å². The zero-order valence-corrected chi connectivity index (χ0v) is 11.5. The molecule has 3 rings (SSSR count). The van der Waals surface area contributed by atoms with Gasteiger partial charge in [-0.25, -0.2) is 4.79 Å². The van der Waals surface area contributed by atoms with Crippen LogP contribution in [0.4, 0.5) is 0 Å². The van der Waals surface area contributed by atoms with Gasteiger partial charge in [0.15, 0.2) is 0 Å². The lowest BCUT2D eigenvalue weighted by atomic mass is 9.79. The second-order valence-corrected chi connectivity index (χ2v) is 5.47. The predicted octanol–water partition coefficient (Wildman–Crippen LogP) is 0.380. The zero-order chi connectivity index (χ0) is 14.7. The molecule has 2 unspecified atom stereocenters. The molecule has 0 aromatic heterocycles. The van der Waals surface area contributed by atoms with Gasteiger partial charge in [-0.05, 0) is 26.3 Å². The van der Waals surface area contributed by atoms with Crippen LogP contribution in [-0.2, 0) is 23.9 Å². The summed E-state index contributed by atoms with van der Waals surface area (Å²) in [7, 11) is 0. The zero-order valence-electron chi connectivity index (χ0n) is 11.5. The first-order valence-electron chi connectivity index (χ1n) is 6.55. The Balaban J connectivity index is 2.03. The molecule has 6 nitrogen and oxygen atoms in total. The fourth-order valence-corrected chi connectivity index (χ4v) is 3.14. The van der Waals surface area contributed by atoms with Crippen LogP contribution in [0.5, 0.6) is 0 Å². The molecular weight excluding hydrogens is 262 g/mol. The van der Waals surface area contributed by atoms with Crippen molar-refractivity contribution in [3.63, 3.8) is 0 Å². The van der Waals surface area contributed by atoms with E-state index in [0.29, 0.717) is 18.6 Å². The van der Waals surface area contributed by atoms with E-state index < -0.39 is 29.0 Å². The predicted molar refractivity (Wildman–Crippen MR) is 67.4 cm³/mol. The molecule has 3 aliphatic rings. The number of carbonyl (C=O) groups is 3. The van der Waals surface area contributed by atoms with Crippen LogP contribution in [0.2, 0.25) is 0 Å². The smallest absolute Gasteiger partial charge is 0.337 e. The summed E-state index contributed by atoms with van der Waals surface area (Å²) in [5.74, 6) is -1.45. The van der Waals surface area contributed by atoms with Crippen LogP contribution in [0, 0.1) is 0 Å². The van der Waals surface area contributed by atoms with Gasteiger partial charge < -0.3 is 9.47 Å². The summed E-state index contributed by atoms with van der Waals surface area (Å²) in [5.41, 5.74) is -1.42. The summed E-state index contributed by atoms with van der Waals surface area (Å²) in [4.78, 5) is 35.9. The van der Waals surface area contributed by atoms with E-state index in [4.69, 9.17) is 9.47 Å². The molecule has 2 bridgehead atoms. The molecular formula is C14H15NO5. The third-order valence-corrected chi connectivity index (χ3v) is 3.91. The molecule has 0 spiro atoms. The van der Waals surface area contributed by atoms with Gasteiger partial charge in [0.2, 0.25) is 0 Å². The molecule has 2 atom stereocenters. The lowest BCUT2D eigenvalue weighted by Crippen LogP contribution is -2.39. The highest BCUT2D eigenvalue weighted by Crippen LogP contribution is 2.54. The molecule has 106 valence electrons. The van der Waals surface area contributed by atoms with Crippen LogP contribution < -0.4 is 5.32 Å². The van der Waals surface area contributed by atoms with Crippen molar-refractivity contribution in [2.75, 3.05) is 6.61 Å². The van der Waals surface area contributed by atoms with Gasteiger partial charge in [-0.3, -0.25) is 14.9 Å². The lowest BCUT2D eigenvalue weighted by Gasteiger charge is -2.25. The number of hydrogen-bond donors (Lipinski definition) is 1. The molecule has 0 radical (unpaired) electrons. The summed E-state index contributed by atoms with van der Waals surface area (Å²) < 4.78 is 10.9. The number of nitrogens with one attached hydrogen (secondary N) is 1. The van der Waals surface area contributed by atoms with E-state index in [0.717, 1.165) is 0 Å². The van der Waals surface area contributed by atoms with Crippen molar-refractivity contribution in [3.8, 4) is 0 Å². The summed E-state index contributed by atoms with van der Waals surface area (Å²) in [6, 6.07) is 0. The van der Waals surface area contributed by atoms with Crippen molar-refractivity contribution in [2.24, 2.45) is 0 Å². The largest absolute Gasteiger partial charge is 0.462 e. The van der Waals surface area contributed by atoms with E-state index in [1.807, 2.05) is 6.92 Å². The normalized spacial score (nSPS) is 34.2. The third-order valence-electron chi connectivity index (χ3n) is 3.91. The van der Waals surface area contributed by atoms with Gasteiger partial charge in [0.1, 0.15) is 11.2 Å². The summed E-state index contributed by atoms with van der Waals surface area (Å²) in [6.45, 7) is 5.50. The number of esters is 1. The van der Waals surface area contributed by atoms with Gasteiger partial charge in [-0.15, -0.1) is 0 Å². The topological polar surface area (TPSA) is 81.7 Å². The van der Waals surface area contributed by atoms with Crippen molar-refractivity contribution >= 4 is 17.8 Å². The molecule has 2 amide bonds. The molecule has 0 aromatic rings. The maximum Gasteiger partial charge on any atom is 0.337 e. The first-order valence-corrected chi connectivity index (χ1v) is 6.55. The Labute approximate surface area is 115 Å². The number of fused-ring (bicyclic) bond motifs is 4. The Bertz CT molecular complexity index is 617. The van der Waals surface area contributed by atoms with E-state index in [1.54, 1.807) is 19.9 Å². The first kappa shape index (κ1) is 13.1. The average molecular weight is 277 g/mol. The van der Waals surface area contributed by atoms with Crippen molar-refractivity contribution in [2.45, 2.75) is 38.4 Å². The van der Waals surface area contributed by atoms with Gasteiger partial charge in [0.05, 0.1) is 23.3 Å². The minimum Gasteiger partial charge on any atom is -0.462 e. The number of ether oxygens (including phenoxy) is 2. The molecule has 0 aromatic carbocycles. The fraction of sp³-hybridized carbons (Fsp3) is 0.500. The highest BCUT2D eigenvalue weighted by Gasteiger charge is 2.64. The quantitative estimate of drug-likeness (QED) is 0.596. The number of rotatable bonds is 3. The Kier molecular flexibility index (Phi) is 2.47. The SMILES string of the molecule is CCCOC(=O)C1=CC2(C)OC1(C)C1=C2C(=O)NC1=O. The highest BCUT2D eigenvalue weighted by atomic mass is 16.6. The Morgan fingerprint density at radius 1 is 1.30 bits per heavy atom. The minimum absolute atomic E-state index is 0.232. The van der Waals surface area contributed by atoms with Crippen LogP contribution >= 0.6 is 0 Å². The average Bonchev–Trinajstić information content (AvgIpc) is 2.91. The molecule has 1 N–H and O–H groups in total. The maximum atomic E-state index is 12.1. The van der Waals surface area contributed by atoms with Crippen LogP contribution in [0.25, 0.3) is 0 Å². The Hall–Kier alpha value is -1.95. The second-order valence-electron chi connectivity index (χ2n) is 5.47. The summed E-state index contributed by atoms with van der Waals surface area (Å²) >= 11 is 0. The summed E-state index contributed by atoms with van der Waals surface area (Å²) in [5, 5.41) is 2.26. The van der Waals surface area contributed by atoms with Crippen molar-refractivity contribution in [3.05, 3.63) is 22.8 Å². The van der Waals surface area contributed by atoms with Gasteiger partial charge in [-0.1, -0.05) is 6.92 Å². The van der Waals surface area contributed by atoms with E-state index in [2.05, 4.69) is 5.32 Å². The van der Waals surface area contributed by atoms with E-state index in [-0.39, 0.29) is 11.1 Å². The van der Waals surface area contributed by atoms with Crippen LogP contribution in [0.15, 0.2) is 22.8 Å². The molecule has 20 heavy (non-hydrogen) atoms. The number of hydrogen-bond acceptors (Lipinski definition) is 5. The first-order chi connectivity index (χ1) is 9.33. The second kappa shape index (κ2) is 3.79. The molecule has 0 saturated heterocycles. The fourth-order valence-electron chi connectivity index (χ4n) is 3.14. The van der Waals surface area contributed by atoms with Gasteiger partial charge in [0, 0.05) is 0 Å². The molecule has 6 heteroatoms. The highest BCUT2D eigenvalue weighted by molar-refractivity contribution is 6.24. The molecule has 0 aliphatic carbocycles. The van der Waals surface area contributed by atoms with Gasteiger partial charge >= 0.3 is 5.97 Å². The third kappa shape index (κ3) is 1.39. The van der Waals surface area contributed by atoms with E-state index in [1.165, 1.54) is 0 Å². The monoisotopic (exact) mass is 277 g/mol. The van der Waals surface area contributed by atoms with E-state index in [9.17, 15) is 14.4 Å². The standard InChI is InChI=1S/C14H15NO5/c1-4-5-19-12(18)7-6-13(2)8-9(14(7,3)20-13)11(17)15-10(8)16/h6H,4-5H2,1-3H3,(H,15,16,17). The number of amides is 2.